The number of nitrogens with one attached hydrogen (secondary N) is 2. The van der Waals surface area contributed by atoms with Gasteiger partial charge in [0, 0.05) is 12.1 Å². The van der Waals surface area contributed by atoms with Crippen LogP contribution in [0.15, 0.2) is 47.6 Å². The predicted octanol–water partition coefficient (Wildman–Crippen LogP) is 1.48. The fourth-order valence-electron chi connectivity index (χ4n) is 2.16. The quantitative estimate of drug-likeness (QED) is 0.436. The number of nitrogens with zero attached hydrogens (tertiary/aromatic N) is 1. The number of carbonyl (C=O) groups excluding carboxylic acids is 2. The molecule has 2 aromatic carbocycles. The first-order valence-corrected chi connectivity index (χ1v) is 8.03. The number of ether oxygens (including phenoxy) is 3. The number of methoxy groups -OCH3 is 3. The molecule has 0 spiro atoms. The van der Waals surface area contributed by atoms with E-state index in [9.17, 15) is 9.59 Å². The molecule has 2 amide bonds. The zero-order valence-corrected chi connectivity index (χ0v) is 15.3. The van der Waals surface area contributed by atoms with Gasteiger partial charge in [-0.2, -0.15) is 5.10 Å². The number of amides is 2. The Balaban J connectivity index is 1.88. The highest BCUT2D eigenvalue weighted by molar-refractivity contribution is 6.35. The van der Waals surface area contributed by atoms with Crippen molar-refractivity contribution in [3.63, 3.8) is 0 Å². The molecule has 0 atom stereocenters. The molecule has 142 valence electrons. The van der Waals surface area contributed by atoms with Gasteiger partial charge in [-0.3, -0.25) is 9.59 Å². The number of hydrazone groups is 1. The third-order valence-corrected chi connectivity index (χ3v) is 3.62. The van der Waals surface area contributed by atoms with Crippen LogP contribution in [0.4, 0.5) is 0 Å². The molecule has 0 aliphatic rings. The van der Waals surface area contributed by atoms with Gasteiger partial charge in [-0.1, -0.05) is 12.1 Å². The third-order valence-electron chi connectivity index (χ3n) is 3.62. The zero-order chi connectivity index (χ0) is 19.6. The van der Waals surface area contributed by atoms with Gasteiger partial charge in [-0.05, 0) is 35.9 Å². The maximum Gasteiger partial charge on any atom is 0.329 e. The van der Waals surface area contributed by atoms with Crippen molar-refractivity contribution in [3.05, 3.63) is 53.6 Å². The Bertz CT molecular complexity index is 819. The minimum Gasteiger partial charge on any atom is -0.497 e. The van der Waals surface area contributed by atoms with E-state index in [1.807, 2.05) is 0 Å². The molecule has 0 fully saturated rings. The van der Waals surface area contributed by atoms with Crippen molar-refractivity contribution in [1.29, 1.82) is 0 Å². The molecular weight excluding hydrogens is 350 g/mol. The lowest BCUT2D eigenvalue weighted by atomic mass is 10.2. The Labute approximate surface area is 157 Å². The van der Waals surface area contributed by atoms with Gasteiger partial charge < -0.3 is 19.5 Å². The van der Waals surface area contributed by atoms with Gasteiger partial charge in [0.2, 0.25) is 0 Å². The Morgan fingerprint density at radius 1 is 0.926 bits per heavy atom. The number of hydrogen-bond acceptors (Lipinski definition) is 6. The first-order valence-electron chi connectivity index (χ1n) is 8.03. The number of carbonyl (C=O) groups is 2. The van der Waals surface area contributed by atoms with E-state index in [2.05, 4.69) is 15.8 Å². The topological polar surface area (TPSA) is 98.2 Å². The molecule has 27 heavy (non-hydrogen) atoms. The van der Waals surface area contributed by atoms with E-state index in [0.717, 1.165) is 5.56 Å². The van der Waals surface area contributed by atoms with Crippen molar-refractivity contribution in [1.82, 2.24) is 10.7 Å². The summed E-state index contributed by atoms with van der Waals surface area (Å²) >= 11 is 0. The summed E-state index contributed by atoms with van der Waals surface area (Å²) < 4.78 is 15.4. The monoisotopic (exact) mass is 371 g/mol. The van der Waals surface area contributed by atoms with Crippen molar-refractivity contribution < 1.29 is 23.8 Å². The standard InChI is InChI=1S/C19H21N3O5/c1-25-15-6-4-13(5-7-15)11-20-18(23)19(24)22-21-12-14-10-16(26-2)8-9-17(14)27-3/h4-10,12H,11H2,1-3H3,(H,20,23)(H,22,24). The van der Waals surface area contributed by atoms with E-state index in [1.54, 1.807) is 49.6 Å². The maximum atomic E-state index is 11.8. The summed E-state index contributed by atoms with van der Waals surface area (Å²) in [6.07, 6.45) is 1.37. The molecule has 0 radical (unpaired) electrons. The molecule has 0 heterocycles. The van der Waals surface area contributed by atoms with Gasteiger partial charge in [0.25, 0.3) is 0 Å². The molecule has 0 aromatic heterocycles. The Morgan fingerprint density at radius 2 is 1.59 bits per heavy atom. The van der Waals surface area contributed by atoms with E-state index >= 15 is 0 Å². The lowest BCUT2D eigenvalue weighted by Crippen LogP contribution is -2.37. The first-order chi connectivity index (χ1) is 13.1. The van der Waals surface area contributed by atoms with Crippen LogP contribution >= 0.6 is 0 Å². The van der Waals surface area contributed by atoms with Gasteiger partial charge >= 0.3 is 11.8 Å². The molecule has 0 aliphatic carbocycles. The van der Waals surface area contributed by atoms with Crippen molar-refractivity contribution >= 4 is 18.0 Å². The molecule has 0 saturated carbocycles. The van der Waals surface area contributed by atoms with Crippen LogP contribution in [0.1, 0.15) is 11.1 Å². The highest BCUT2D eigenvalue weighted by atomic mass is 16.5. The van der Waals surface area contributed by atoms with Crippen molar-refractivity contribution in [2.45, 2.75) is 6.54 Å². The third kappa shape index (κ3) is 5.74. The summed E-state index contributed by atoms with van der Waals surface area (Å²) in [5.74, 6) is 0.214. The SMILES string of the molecule is COc1ccc(CNC(=O)C(=O)NN=Cc2cc(OC)ccc2OC)cc1. The first kappa shape index (κ1) is 19.8. The molecule has 0 unspecified atom stereocenters. The fourth-order valence-corrected chi connectivity index (χ4v) is 2.16. The van der Waals surface area contributed by atoms with Gasteiger partial charge in [0.15, 0.2) is 0 Å². The molecule has 0 saturated heterocycles. The van der Waals surface area contributed by atoms with Crippen LogP contribution in [-0.4, -0.2) is 39.4 Å². The summed E-state index contributed by atoms with van der Waals surface area (Å²) in [7, 11) is 4.63. The smallest absolute Gasteiger partial charge is 0.329 e. The van der Waals surface area contributed by atoms with Crippen LogP contribution in [0.5, 0.6) is 17.2 Å². The molecule has 2 aromatic rings. The molecule has 0 bridgehead atoms. The van der Waals surface area contributed by atoms with Crippen LogP contribution in [0.25, 0.3) is 0 Å². The van der Waals surface area contributed by atoms with E-state index in [4.69, 9.17) is 14.2 Å². The van der Waals surface area contributed by atoms with Gasteiger partial charge in [0.05, 0.1) is 27.5 Å². The predicted molar refractivity (Wildman–Crippen MR) is 100 cm³/mol. The van der Waals surface area contributed by atoms with E-state index in [1.165, 1.54) is 20.4 Å². The highest BCUT2D eigenvalue weighted by Gasteiger charge is 2.12. The summed E-state index contributed by atoms with van der Waals surface area (Å²) in [4.78, 5) is 23.7. The van der Waals surface area contributed by atoms with E-state index in [-0.39, 0.29) is 6.54 Å². The summed E-state index contributed by atoms with van der Waals surface area (Å²) in [6.45, 7) is 0.212. The largest absolute Gasteiger partial charge is 0.497 e. The second-order valence-electron chi connectivity index (χ2n) is 5.34. The second kappa shape index (κ2) is 9.81. The Kier molecular flexibility index (Phi) is 7.18. The minimum atomic E-state index is -0.873. The van der Waals surface area contributed by atoms with Crippen LogP contribution in [0, 0.1) is 0 Å². The average Bonchev–Trinajstić information content (AvgIpc) is 2.72. The average molecular weight is 371 g/mol. The second-order valence-corrected chi connectivity index (χ2v) is 5.34. The molecular formula is C19H21N3O5. The summed E-state index contributed by atoms with van der Waals surface area (Å²) in [5.41, 5.74) is 3.60. The highest BCUT2D eigenvalue weighted by Crippen LogP contribution is 2.22. The zero-order valence-electron chi connectivity index (χ0n) is 15.3. The molecule has 2 rings (SSSR count). The lowest BCUT2D eigenvalue weighted by molar-refractivity contribution is -0.139. The Hall–Kier alpha value is -3.55. The van der Waals surface area contributed by atoms with E-state index in [0.29, 0.717) is 22.8 Å². The summed E-state index contributed by atoms with van der Waals surface area (Å²) in [5, 5.41) is 6.30. The molecule has 0 aliphatic heterocycles. The molecule has 2 N–H and O–H groups in total. The number of benzene rings is 2. The summed E-state index contributed by atoms with van der Waals surface area (Å²) in [6, 6.07) is 12.3. The number of hydrogen-bond donors (Lipinski definition) is 2. The van der Waals surface area contributed by atoms with Crippen molar-refractivity contribution in [3.8, 4) is 17.2 Å². The van der Waals surface area contributed by atoms with Crippen LogP contribution in [-0.2, 0) is 16.1 Å². The van der Waals surface area contributed by atoms with Gasteiger partial charge in [-0.15, -0.1) is 0 Å². The fraction of sp³-hybridized carbons (Fsp3) is 0.211. The van der Waals surface area contributed by atoms with Gasteiger partial charge in [0.1, 0.15) is 17.2 Å². The molecule has 8 heteroatoms. The van der Waals surface area contributed by atoms with Crippen LogP contribution in [0.3, 0.4) is 0 Å². The van der Waals surface area contributed by atoms with Crippen molar-refractivity contribution in [2.24, 2.45) is 5.10 Å². The number of rotatable bonds is 7. The van der Waals surface area contributed by atoms with E-state index < -0.39 is 11.8 Å². The lowest BCUT2D eigenvalue weighted by Gasteiger charge is -2.07. The van der Waals surface area contributed by atoms with Crippen LogP contribution < -0.4 is 25.0 Å². The Morgan fingerprint density at radius 3 is 2.22 bits per heavy atom. The van der Waals surface area contributed by atoms with Crippen LogP contribution in [0.2, 0.25) is 0 Å². The molecule has 8 nitrogen and oxygen atoms in total. The minimum absolute atomic E-state index is 0.212. The normalized spacial score (nSPS) is 10.3. The maximum absolute atomic E-state index is 11.8. The van der Waals surface area contributed by atoms with Gasteiger partial charge in [-0.25, -0.2) is 5.43 Å². The van der Waals surface area contributed by atoms with Crippen molar-refractivity contribution in [2.75, 3.05) is 21.3 Å².